The zero-order valence-electron chi connectivity index (χ0n) is 11.5. The molecule has 11 heteroatoms. The van der Waals surface area contributed by atoms with Crippen LogP contribution in [0.5, 0.6) is 0 Å². The van der Waals surface area contributed by atoms with Gasteiger partial charge in [0.25, 0.3) is 5.56 Å². The summed E-state index contributed by atoms with van der Waals surface area (Å²) in [5.41, 5.74) is -3.50. The van der Waals surface area contributed by atoms with Gasteiger partial charge in [-0.25, -0.2) is 4.79 Å². The summed E-state index contributed by atoms with van der Waals surface area (Å²) >= 11 is 0. The number of nitrogens with zero attached hydrogens (tertiary/aromatic N) is 4. The summed E-state index contributed by atoms with van der Waals surface area (Å²) < 4.78 is 41.2. The van der Waals surface area contributed by atoms with Gasteiger partial charge in [-0.15, -0.1) is 10.2 Å². The van der Waals surface area contributed by atoms with Crippen LogP contribution in [0.15, 0.2) is 34.4 Å². The fraction of sp³-hybridized carbons (Fsp3) is 0.167. The Hall–Kier alpha value is -3.11. The fourth-order valence-corrected chi connectivity index (χ4v) is 2.17. The number of benzene rings is 1. The monoisotopic (exact) mass is 327 g/mol. The molecule has 0 aliphatic heterocycles. The third kappa shape index (κ3) is 2.35. The molecule has 0 bridgehead atoms. The molecule has 0 amide bonds. The van der Waals surface area contributed by atoms with Crippen LogP contribution in [0.25, 0.3) is 16.6 Å². The van der Waals surface area contributed by atoms with Crippen molar-refractivity contribution in [3.63, 3.8) is 0 Å². The maximum Gasteiger partial charge on any atom is 0.418 e. The number of rotatable bonds is 2. The molecule has 3 aromatic rings. The van der Waals surface area contributed by atoms with E-state index in [1.807, 2.05) is 0 Å². The Morgan fingerprint density at radius 1 is 1.17 bits per heavy atom. The number of hydrogen-bond donors (Lipinski definition) is 1. The minimum atomic E-state index is -4.71. The summed E-state index contributed by atoms with van der Waals surface area (Å²) in [5.74, 6) is 0. The molecule has 0 atom stereocenters. The zero-order valence-corrected chi connectivity index (χ0v) is 11.5. The van der Waals surface area contributed by atoms with E-state index >= 15 is 0 Å². The van der Waals surface area contributed by atoms with Crippen molar-refractivity contribution in [3.8, 4) is 5.69 Å². The number of H-pyrrole nitrogens is 1. The van der Waals surface area contributed by atoms with Crippen LogP contribution in [-0.4, -0.2) is 31.6 Å². The van der Waals surface area contributed by atoms with Gasteiger partial charge >= 0.3 is 11.9 Å². The SMILES string of the molecule is COn1c(=O)[nH]c2cc(C(F)(F)F)c(-n3cnnc3)cc2c1=O. The van der Waals surface area contributed by atoms with Crippen LogP contribution in [0, 0.1) is 0 Å². The highest BCUT2D eigenvalue weighted by molar-refractivity contribution is 5.81. The molecular formula is C12H8F3N5O3. The Morgan fingerprint density at radius 2 is 1.83 bits per heavy atom. The Kier molecular flexibility index (Phi) is 3.20. The van der Waals surface area contributed by atoms with Gasteiger partial charge in [-0.3, -0.25) is 9.36 Å². The average molecular weight is 327 g/mol. The first-order valence-corrected chi connectivity index (χ1v) is 6.12. The molecule has 0 fully saturated rings. The molecule has 1 N–H and O–H groups in total. The molecule has 0 saturated heterocycles. The van der Waals surface area contributed by atoms with Crippen molar-refractivity contribution in [1.29, 1.82) is 0 Å². The first kappa shape index (κ1) is 14.8. The van der Waals surface area contributed by atoms with Crippen molar-refractivity contribution in [2.24, 2.45) is 0 Å². The van der Waals surface area contributed by atoms with E-state index in [2.05, 4.69) is 20.0 Å². The van der Waals surface area contributed by atoms with E-state index in [4.69, 9.17) is 0 Å². The summed E-state index contributed by atoms with van der Waals surface area (Å²) in [7, 11) is 1.09. The van der Waals surface area contributed by atoms with Gasteiger partial charge < -0.3 is 9.82 Å². The molecule has 2 aromatic heterocycles. The standard InChI is InChI=1S/C12H8F3N5O3/c1-23-20-10(21)6-2-9(19-4-16-17-5-19)7(12(13,14)15)3-8(6)18-11(20)22/h2-5H,1H3,(H,18,22). The highest BCUT2D eigenvalue weighted by atomic mass is 19.4. The van der Waals surface area contributed by atoms with E-state index in [-0.39, 0.29) is 16.6 Å². The maximum absolute atomic E-state index is 13.3. The highest BCUT2D eigenvalue weighted by Gasteiger charge is 2.35. The van der Waals surface area contributed by atoms with E-state index in [0.717, 1.165) is 30.4 Å². The number of alkyl halides is 3. The van der Waals surface area contributed by atoms with Gasteiger partial charge in [0.15, 0.2) is 0 Å². The number of aromatic amines is 1. The molecule has 8 nitrogen and oxygen atoms in total. The van der Waals surface area contributed by atoms with Gasteiger partial charge in [0.1, 0.15) is 19.8 Å². The number of halogens is 3. The number of aromatic nitrogens is 5. The molecule has 0 saturated carbocycles. The van der Waals surface area contributed by atoms with Crippen molar-refractivity contribution < 1.29 is 18.0 Å². The third-order valence-corrected chi connectivity index (χ3v) is 3.16. The van der Waals surface area contributed by atoms with Crippen molar-refractivity contribution in [2.75, 3.05) is 7.11 Å². The summed E-state index contributed by atoms with van der Waals surface area (Å²) in [5, 5.41) is 6.75. The lowest BCUT2D eigenvalue weighted by Crippen LogP contribution is -2.38. The quantitative estimate of drug-likeness (QED) is 0.733. The highest BCUT2D eigenvalue weighted by Crippen LogP contribution is 2.35. The van der Waals surface area contributed by atoms with Gasteiger partial charge in [0.2, 0.25) is 0 Å². The summed E-state index contributed by atoms with van der Waals surface area (Å²) in [6, 6.07) is 1.68. The Labute approximate surface area is 124 Å². The van der Waals surface area contributed by atoms with E-state index in [0.29, 0.717) is 10.8 Å². The molecule has 0 spiro atoms. The second-order valence-electron chi connectivity index (χ2n) is 4.49. The maximum atomic E-state index is 13.3. The minimum Gasteiger partial charge on any atom is -0.409 e. The second kappa shape index (κ2) is 4.97. The number of fused-ring (bicyclic) bond motifs is 1. The summed E-state index contributed by atoms with van der Waals surface area (Å²) in [6.45, 7) is 0. The number of nitrogens with one attached hydrogen (secondary N) is 1. The first-order valence-electron chi connectivity index (χ1n) is 6.12. The van der Waals surface area contributed by atoms with Crippen LogP contribution >= 0.6 is 0 Å². The van der Waals surface area contributed by atoms with Crippen LogP contribution in [0.1, 0.15) is 5.56 Å². The normalized spacial score (nSPS) is 11.8. The smallest absolute Gasteiger partial charge is 0.409 e. The van der Waals surface area contributed by atoms with Crippen LogP contribution in [0.4, 0.5) is 13.2 Å². The van der Waals surface area contributed by atoms with E-state index in [1.54, 1.807) is 0 Å². The van der Waals surface area contributed by atoms with E-state index < -0.39 is 23.0 Å². The van der Waals surface area contributed by atoms with Gasteiger partial charge in [0.05, 0.1) is 22.2 Å². The van der Waals surface area contributed by atoms with Crippen molar-refractivity contribution in [1.82, 2.24) is 24.5 Å². The Balaban J connectivity index is 2.46. The molecule has 3 rings (SSSR count). The topological polar surface area (TPSA) is 94.8 Å². The van der Waals surface area contributed by atoms with E-state index in [1.165, 1.54) is 0 Å². The third-order valence-electron chi connectivity index (χ3n) is 3.16. The van der Waals surface area contributed by atoms with Gasteiger partial charge in [0, 0.05) is 0 Å². The summed E-state index contributed by atoms with van der Waals surface area (Å²) in [4.78, 5) is 30.6. The molecule has 2 heterocycles. The summed E-state index contributed by atoms with van der Waals surface area (Å²) in [6.07, 6.45) is -2.57. The Bertz CT molecular complexity index is 988. The first-order chi connectivity index (χ1) is 10.8. The zero-order chi connectivity index (χ0) is 16.8. The molecule has 1 aromatic carbocycles. The minimum absolute atomic E-state index is 0.150. The molecular weight excluding hydrogens is 319 g/mol. The molecule has 0 radical (unpaired) electrons. The lowest BCUT2D eigenvalue weighted by atomic mass is 10.1. The lowest BCUT2D eigenvalue weighted by molar-refractivity contribution is -0.137. The fourth-order valence-electron chi connectivity index (χ4n) is 2.17. The average Bonchev–Trinajstić information content (AvgIpc) is 2.99. The van der Waals surface area contributed by atoms with Crippen LogP contribution in [0.2, 0.25) is 0 Å². The predicted octanol–water partition coefficient (Wildman–Crippen LogP) is 0.348. The van der Waals surface area contributed by atoms with Crippen molar-refractivity contribution in [3.05, 3.63) is 51.2 Å². The Morgan fingerprint density at radius 3 is 2.39 bits per heavy atom. The van der Waals surface area contributed by atoms with Crippen molar-refractivity contribution in [2.45, 2.75) is 6.18 Å². The molecule has 0 unspecified atom stereocenters. The lowest BCUT2D eigenvalue weighted by Gasteiger charge is -2.14. The van der Waals surface area contributed by atoms with Gasteiger partial charge in [-0.05, 0) is 12.1 Å². The van der Waals surface area contributed by atoms with Gasteiger partial charge in [-0.1, -0.05) is 4.73 Å². The van der Waals surface area contributed by atoms with E-state index in [9.17, 15) is 22.8 Å². The second-order valence-corrected chi connectivity index (χ2v) is 4.49. The van der Waals surface area contributed by atoms with Crippen LogP contribution in [0.3, 0.4) is 0 Å². The molecule has 0 aliphatic rings. The van der Waals surface area contributed by atoms with Crippen molar-refractivity contribution >= 4 is 10.9 Å². The molecule has 120 valence electrons. The molecule has 0 aliphatic carbocycles. The number of hydrogen-bond acceptors (Lipinski definition) is 5. The predicted molar refractivity (Wildman–Crippen MR) is 71.3 cm³/mol. The molecule has 23 heavy (non-hydrogen) atoms. The van der Waals surface area contributed by atoms with Crippen LogP contribution in [-0.2, 0) is 6.18 Å². The van der Waals surface area contributed by atoms with Gasteiger partial charge in [-0.2, -0.15) is 13.2 Å². The van der Waals surface area contributed by atoms with Crippen LogP contribution < -0.4 is 16.1 Å². The largest absolute Gasteiger partial charge is 0.418 e.